The summed E-state index contributed by atoms with van der Waals surface area (Å²) in [5.41, 5.74) is 2.56. The molecule has 1 unspecified atom stereocenters. The van der Waals surface area contributed by atoms with Crippen LogP contribution in [-0.4, -0.2) is 48.9 Å². The van der Waals surface area contributed by atoms with E-state index < -0.39 is 0 Å². The van der Waals surface area contributed by atoms with E-state index >= 15 is 0 Å². The van der Waals surface area contributed by atoms with E-state index in [1.165, 1.54) is 0 Å². The lowest BCUT2D eigenvalue weighted by atomic mass is 10.1. The van der Waals surface area contributed by atoms with Crippen molar-refractivity contribution in [2.45, 2.75) is 32.9 Å². The number of aromatic nitrogens is 5. The average molecular weight is 355 g/mol. The van der Waals surface area contributed by atoms with Gasteiger partial charge in [-0.1, -0.05) is 25.1 Å². The number of fused-ring (bicyclic) bond motifs is 1. The number of Topliss-reactive ketones (excluding diaryl/α,β-unsaturated/α-hetero) is 1. The van der Waals surface area contributed by atoms with Crippen LogP contribution in [0.5, 0.6) is 0 Å². The number of nitrogens with zero attached hydrogens (tertiary/aromatic N) is 4. The summed E-state index contributed by atoms with van der Waals surface area (Å²) >= 11 is 0. The van der Waals surface area contributed by atoms with Crippen LogP contribution >= 0.6 is 0 Å². The van der Waals surface area contributed by atoms with Crippen LogP contribution in [0.15, 0.2) is 24.3 Å². The van der Waals surface area contributed by atoms with Gasteiger partial charge in [-0.05, 0) is 25.0 Å². The third-order valence-electron chi connectivity index (χ3n) is 4.02. The lowest BCUT2D eigenvalue weighted by Gasteiger charge is -2.14. The molecule has 9 nitrogen and oxygen atoms in total. The minimum absolute atomic E-state index is 0.0166. The Morgan fingerprint density at radius 1 is 1.31 bits per heavy atom. The lowest BCUT2D eigenvalue weighted by Crippen LogP contribution is -2.24. The van der Waals surface area contributed by atoms with Gasteiger partial charge in [0.2, 0.25) is 11.6 Å². The van der Waals surface area contributed by atoms with Gasteiger partial charge >= 0.3 is 0 Å². The highest BCUT2D eigenvalue weighted by molar-refractivity contribution is 5.94. The summed E-state index contributed by atoms with van der Waals surface area (Å²) in [5.74, 6) is 0.911. The number of aliphatic hydroxyl groups is 1. The van der Waals surface area contributed by atoms with Crippen LogP contribution in [0, 0.1) is 0 Å². The smallest absolute Gasteiger partial charge is 0.227 e. The van der Waals surface area contributed by atoms with Gasteiger partial charge in [0.1, 0.15) is 0 Å². The summed E-state index contributed by atoms with van der Waals surface area (Å²) in [4.78, 5) is 20.3. The molecule has 3 rings (SSSR count). The predicted octanol–water partition coefficient (Wildman–Crippen LogP) is 1.75. The molecule has 0 radical (unpaired) electrons. The Labute approximate surface area is 150 Å². The molecule has 4 N–H and O–H groups in total. The zero-order valence-corrected chi connectivity index (χ0v) is 14.7. The first-order valence-corrected chi connectivity index (χ1v) is 8.40. The van der Waals surface area contributed by atoms with E-state index in [4.69, 9.17) is 0 Å². The molecule has 26 heavy (non-hydrogen) atoms. The van der Waals surface area contributed by atoms with Crippen LogP contribution in [0.3, 0.4) is 0 Å². The molecule has 9 heteroatoms. The van der Waals surface area contributed by atoms with Crippen LogP contribution in [0.1, 0.15) is 36.2 Å². The fraction of sp³-hybridized carbons (Fsp3) is 0.353. The first-order chi connectivity index (χ1) is 12.6. The average Bonchev–Trinajstić information content (AvgIpc) is 3.13. The molecule has 0 aliphatic carbocycles. The van der Waals surface area contributed by atoms with Gasteiger partial charge in [0, 0.05) is 12.1 Å². The maximum Gasteiger partial charge on any atom is 0.227 e. The van der Waals surface area contributed by atoms with E-state index in [1.54, 1.807) is 13.0 Å². The first kappa shape index (κ1) is 17.7. The third kappa shape index (κ3) is 3.94. The van der Waals surface area contributed by atoms with Crippen molar-refractivity contribution in [3.8, 4) is 0 Å². The summed E-state index contributed by atoms with van der Waals surface area (Å²) in [6.07, 6.45) is 0.733. The molecule has 0 aliphatic rings. The third-order valence-corrected chi connectivity index (χ3v) is 4.02. The second kappa shape index (κ2) is 7.87. The number of nitrogens with one attached hydrogen (secondary N) is 3. The molecule has 1 atom stereocenters. The van der Waals surface area contributed by atoms with Gasteiger partial charge in [-0.2, -0.15) is 20.3 Å². The van der Waals surface area contributed by atoms with E-state index in [2.05, 4.69) is 36.0 Å². The number of benzene rings is 1. The number of H-pyrrole nitrogens is 1. The molecule has 0 aliphatic heterocycles. The monoisotopic (exact) mass is 355 g/mol. The fourth-order valence-electron chi connectivity index (χ4n) is 2.48. The Morgan fingerprint density at radius 2 is 2.15 bits per heavy atom. The molecule has 0 saturated carbocycles. The van der Waals surface area contributed by atoms with Crippen molar-refractivity contribution in [1.82, 2.24) is 25.4 Å². The molecule has 3 aromatic rings. The van der Waals surface area contributed by atoms with Crippen molar-refractivity contribution in [3.63, 3.8) is 0 Å². The molecule has 1 aromatic carbocycles. The standard InChI is InChI=1S/C17H21N7O2/c1-3-13(9-25)19-17-20-15(14-16(21-17)23-24-22-14)18-8-11-5-4-6-12(7-11)10(2)26/h4-7,13,25H,3,8-9H2,1-2H3,(H3,18,19,20,21,22,23,24). The number of aromatic amines is 1. The van der Waals surface area contributed by atoms with E-state index in [-0.39, 0.29) is 18.4 Å². The minimum atomic E-state index is -0.139. The molecule has 136 valence electrons. The normalized spacial score (nSPS) is 12.1. The van der Waals surface area contributed by atoms with Crippen molar-refractivity contribution in [2.24, 2.45) is 0 Å². The Morgan fingerprint density at radius 3 is 2.88 bits per heavy atom. The summed E-state index contributed by atoms with van der Waals surface area (Å²) in [6, 6.07) is 7.26. The van der Waals surface area contributed by atoms with Crippen molar-refractivity contribution < 1.29 is 9.90 Å². The fourth-order valence-corrected chi connectivity index (χ4v) is 2.48. The number of anilines is 2. The van der Waals surface area contributed by atoms with Crippen molar-refractivity contribution in [3.05, 3.63) is 35.4 Å². The van der Waals surface area contributed by atoms with Crippen LogP contribution in [0.2, 0.25) is 0 Å². The van der Waals surface area contributed by atoms with Gasteiger partial charge in [0.15, 0.2) is 17.1 Å². The van der Waals surface area contributed by atoms with E-state index in [1.807, 2.05) is 25.1 Å². The van der Waals surface area contributed by atoms with Crippen molar-refractivity contribution in [1.29, 1.82) is 0 Å². The topological polar surface area (TPSA) is 129 Å². The quantitative estimate of drug-likeness (QED) is 0.450. The minimum Gasteiger partial charge on any atom is -0.394 e. The molecular weight excluding hydrogens is 334 g/mol. The Kier molecular flexibility index (Phi) is 5.37. The summed E-state index contributed by atoms with van der Waals surface area (Å²) in [6.45, 7) is 3.96. The summed E-state index contributed by atoms with van der Waals surface area (Å²) in [5, 5.41) is 26.3. The number of carbonyl (C=O) groups excluding carboxylic acids is 1. The second-order valence-electron chi connectivity index (χ2n) is 5.93. The molecule has 0 fully saturated rings. The molecule has 2 aromatic heterocycles. The lowest BCUT2D eigenvalue weighted by molar-refractivity contribution is 0.101. The van der Waals surface area contributed by atoms with Crippen LogP contribution in [0.25, 0.3) is 11.2 Å². The molecular formula is C17H21N7O2. The first-order valence-electron chi connectivity index (χ1n) is 8.40. The van der Waals surface area contributed by atoms with Crippen LogP contribution in [0.4, 0.5) is 11.8 Å². The highest BCUT2D eigenvalue weighted by atomic mass is 16.3. The maximum atomic E-state index is 11.5. The zero-order chi connectivity index (χ0) is 18.5. The molecule has 0 amide bonds. The van der Waals surface area contributed by atoms with Gasteiger partial charge in [0.25, 0.3) is 0 Å². The van der Waals surface area contributed by atoms with Gasteiger partial charge in [-0.25, -0.2) is 0 Å². The number of ketones is 1. The second-order valence-corrected chi connectivity index (χ2v) is 5.93. The number of rotatable bonds is 8. The van der Waals surface area contributed by atoms with Gasteiger partial charge < -0.3 is 15.7 Å². The van der Waals surface area contributed by atoms with Crippen LogP contribution in [-0.2, 0) is 6.54 Å². The van der Waals surface area contributed by atoms with Crippen molar-refractivity contribution in [2.75, 3.05) is 17.2 Å². The van der Waals surface area contributed by atoms with Gasteiger partial charge in [0.05, 0.1) is 12.6 Å². The Hall–Kier alpha value is -3.07. The van der Waals surface area contributed by atoms with E-state index in [9.17, 15) is 9.90 Å². The molecule has 2 heterocycles. The SMILES string of the molecule is CCC(CO)Nc1nc(NCc2cccc(C(C)=O)c2)c2n[nH]nc2n1. The largest absolute Gasteiger partial charge is 0.394 e. The van der Waals surface area contributed by atoms with Gasteiger partial charge in [-0.3, -0.25) is 4.79 Å². The molecule has 0 saturated heterocycles. The Balaban J connectivity index is 1.83. The Bertz CT molecular complexity index is 905. The summed E-state index contributed by atoms with van der Waals surface area (Å²) in [7, 11) is 0. The van der Waals surface area contributed by atoms with E-state index in [0.717, 1.165) is 12.0 Å². The number of aliphatic hydroxyl groups excluding tert-OH is 1. The van der Waals surface area contributed by atoms with Crippen molar-refractivity contribution >= 4 is 28.7 Å². The number of hydrogen-bond donors (Lipinski definition) is 4. The molecule has 0 spiro atoms. The van der Waals surface area contributed by atoms with Gasteiger partial charge in [-0.15, -0.1) is 5.10 Å². The highest BCUT2D eigenvalue weighted by Crippen LogP contribution is 2.19. The number of hydrogen-bond acceptors (Lipinski definition) is 8. The van der Waals surface area contributed by atoms with E-state index in [0.29, 0.717) is 35.0 Å². The predicted molar refractivity (Wildman–Crippen MR) is 98.0 cm³/mol. The maximum absolute atomic E-state index is 11.5. The highest BCUT2D eigenvalue weighted by Gasteiger charge is 2.14. The molecule has 0 bridgehead atoms. The zero-order valence-electron chi connectivity index (χ0n) is 14.7. The number of carbonyl (C=O) groups is 1. The van der Waals surface area contributed by atoms with Crippen LogP contribution < -0.4 is 10.6 Å². The summed E-state index contributed by atoms with van der Waals surface area (Å²) < 4.78 is 0.